The molecule has 3 heteroatoms. The predicted octanol–water partition coefficient (Wildman–Crippen LogP) is 3.09. The van der Waals surface area contributed by atoms with Crippen molar-refractivity contribution in [2.45, 2.75) is 12.3 Å². The first kappa shape index (κ1) is 13.3. The molecule has 0 atom stereocenters. The zero-order chi connectivity index (χ0) is 13.6. The number of nitrogens with zero attached hydrogens (tertiary/aromatic N) is 1. The molecule has 0 spiro atoms. The maximum Gasteiger partial charge on any atom is 0.307 e. The van der Waals surface area contributed by atoms with Gasteiger partial charge in [0.1, 0.15) is 19.6 Å². The third kappa shape index (κ3) is 3.42. The summed E-state index contributed by atoms with van der Waals surface area (Å²) >= 11 is 1.90. The molecule has 0 aromatic heterocycles. The zero-order valence-electron chi connectivity index (χ0n) is 11.5. The van der Waals surface area contributed by atoms with Crippen LogP contribution in [-0.2, 0) is 12.3 Å². The van der Waals surface area contributed by atoms with Crippen molar-refractivity contribution in [3.63, 3.8) is 0 Å². The third-order valence-electron chi connectivity index (χ3n) is 3.38. The number of thioether (sulfide) groups is 1. The van der Waals surface area contributed by atoms with Crippen molar-refractivity contribution in [3.05, 3.63) is 71.8 Å². The molecular weight excluding hydrogens is 264 g/mol. The summed E-state index contributed by atoms with van der Waals surface area (Å²) < 4.78 is 2.43. The predicted molar refractivity (Wildman–Crippen MR) is 86.0 cm³/mol. The summed E-state index contributed by atoms with van der Waals surface area (Å²) in [6.07, 6.45) is 0. The Morgan fingerprint density at radius 2 is 1.55 bits per heavy atom. The van der Waals surface area contributed by atoms with Gasteiger partial charge < -0.3 is 0 Å². The molecule has 1 heterocycles. The van der Waals surface area contributed by atoms with Gasteiger partial charge in [0.2, 0.25) is 0 Å². The smallest absolute Gasteiger partial charge is 0.265 e. The molecule has 1 N–H and O–H groups in total. The Morgan fingerprint density at radius 1 is 0.900 bits per heavy atom. The van der Waals surface area contributed by atoms with Crippen LogP contribution in [0.1, 0.15) is 11.1 Å². The van der Waals surface area contributed by atoms with Gasteiger partial charge in [0.05, 0.1) is 0 Å². The minimum Gasteiger partial charge on any atom is -0.265 e. The Bertz CT molecular complexity index is 578. The van der Waals surface area contributed by atoms with Crippen LogP contribution in [0, 0.1) is 0 Å². The van der Waals surface area contributed by atoms with Gasteiger partial charge in [-0.3, -0.25) is 5.32 Å². The Hall–Kier alpha value is -1.74. The molecule has 1 aliphatic heterocycles. The first-order chi connectivity index (χ1) is 9.92. The van der Waals surface area contributed by atoms with Gasteiger partial charge in [-0.1, -0.05) is 60.7 Å². The van der Waals surface area contributed by atoms with Gasteiger partial charge in [-0.2, -0.15) is 0 Å². The number of hydrogen-bond acceptors (Lipinski definition) is 2. The van der Waals surface area contributed by atoms with Crippen LogP contribution < -0.4 is 5.32 Å². The maximum absolute atomic E-state index is 3.50. The van der Waals surface area contributed by atoms with E-state index in [4.69, 9.17) is 0 Å². The molecule has 2 aromatic carbocycles. The monoisotopic (exact) mass is 283 g/mol. The van der Waals surface area contributed by atoms with Crippen molar-refractivity contribution in [1.29, 1.82) is 0 Å². The second kappa shape index (κ2) is 6.62. The highest BCUT2D eigenvalue weighted by molar-refractivity contribution is 8.12. The SMILES string of the molecule is c1ccc(CSC2=[N+](Cc3ccccc3)CCN2)cc1. The third-order valence-corrected chi connectivity index (χ3v) is 4.53. The summed E-state index contributed by atoms with van der Waals surface area (Å²) in [6, 6.07) is 21.3. The van der Waals surface area contributed by atoms with Crippen molar-refractivity contribution >= 4 is 16.9 Å². The average molecular weight is 283 g/mol. The van der Waals surface area contributed by atoms with Gasteiger partial charge in [0, 0.05) is 5.75 Å². The Balaban J connectivity index is 1.66. The highest BCUT2D eigenvalue weighted by atomic mass is 32.2. The lowest BCUT2D eigenvalue weighted by molar-refractivity contribution is -0.531. The number of amidine groups is 1. The van der Waals surface area contributed by atoms with E-state index in [0.29, 0.717) is 0 Å². The van der Waals surface area contributed by atoms with E-state index in [-0.39, 0.29) is 0 Å². The minimum atomic E-state index is 0.991. The van der Waals surface area contributed by atoms with Crippen molar-refractivity contribution in [3.8, 4) is 0 Å². The van der Waals surface area contributed by atoms with Crippen LogP contribution in [0.15, 0.2) is 60.7 Å². The lowest BCUT2D eigenvalue weighted by Gasteiger charge is -2.04. The van der Waals surface area contributed by atoms with Crippen LogP contribution in [0.2, 0.25) is 0 Å². The molecule has 0 unspecified atom stereocenters. The van der Waals surface area contributed by atoms with E-state index in [1.54, 1.807) is 0 Å². The Labute approximate surface area is 124 Å². The molecule has 20 heavy (non-hydrogen) atoms. The molecule has 0 aliphatic carbocycles. The van der Waals surface area contributed by atoms with E-state index in [9.17, 15) is 0 Å². The first-order valence-corrected chi connectivity index (χ1v) is 7.97. The largest absolute Gasteiger partial charge is 0.307 e. The van der Waals surface area contributed by atoms with E-state index < -0.39 is 0 Å². The number of nitrogens with one attached hydrogen (secondary N) is 1. The van der Waals surface area contributed by atoms with Crippen molar-refractivity contribution in [1.82, 2.24) is 5.32 Å². The van der Waals surface area contributed by atoms with Gasteiger partial charge in [0.15, 0.2) is 0 Å². The number of hydrogen-bond donors (Lipinski definition) is 1. The molecule has 0 radical (unpaired) electrons. The summed E-state index contributed by atoms with van der Waals surface area (Å²) in [5, 5.41) is 4.81. The van der Waals surface area contributed by atoms with Crippen molar-refractivity contribution in [2.75, 3.05) is 13.1 Å². The standard InChI is InChI=1S/C17H18N2S/c1-3-7-15(8-4-1)13-19-12-11-18-17(19)20-14-16-9-5-2-6-10-16/h1-10H,11-14H2/p+1. The lowest BCUT2D eigenvalue weighted by Crippen LogP contribution is -2.19. The topological polar surface area (TPSA) is 15.0 Å². The lowest BCUT2D eigenvalue weighted by atomic mass is 10.2. The van der Waals surface area contributed by atoms with E-state index in [1.807, 2.05) is 11.8 Å². The van der Waals surface area contributed by atoms with E-state index in [0.717, 1.165) is 25.4 Å². The zero-order valence-corrected chi connectivity index (χ0v) is 12.3. The molecule has 1 aliphatic rings. The van der Waals surface area contributed by atoms with Crippen molar-refractivity contribution in [2.24, 2.45) is 0 Å². The molecule has 0 amide bonds. The second-order valence-electron chi connectivity index (χ2n) is 4.91. The molecule has 3 rings (SSSR count). The van der Waals surface area contributed by atoms with Crippen LogP contribution in [0.25, 0.3) is 0 Å². The second-order valence-corrected chi connectivity index (χ2v) is 5.88. The van der Waals surface area contributed by atoms with Gasteiger partial charge in [-0.15, -0.1) is 0 Å². The fourth-order valence-corrected chi connectivity index (χ4v) is 3.37. The molecule has 0 saturated carbocycles. The molecule has 102 valence electrons. The highest BCUT2D eigenvalue weighted by Gasteiger charge is 2.21. The molecular formula is C17H19N2S+. The number of benzene rings is 2. The molecule has 2 nitrogen and oxygen atoms in total. The van der Waals surface area contributed by atoms with Crippen LogP contribution in [0.3, 0.4) is 0 Å². The van der Waals surface area contributed by atoms with Crippen molar-refractivity contribution < 1.29 is 4.58 Å². The summed E-state index contributed by atoms with van der Waals surface area (Å²) in [5.74, 6) is 1.02. The number of rotatable bonds is 4. The van der Waals surface area contributed by atoms with Gasteiger partial charge >= 0.3 is 5.17 Å². The first-order valence-electron chi connectivity index (χ1n) is 6.98. The molecule has 0 fully saturated rings. The van der Waals surface area contributed by atoms with Gasteiger partial charge in [-0.25, -0.2) is 4.58 Å². The summed E-state index contributed by atoms with van der Waals surface area (Å²) in [6.45, 7) is 3.13. The fraction of sp³-hybridized carbons (Fsp3) is 0.235. The highest BCUT2D eigenvalue weighted by Crippen LogP contribution is 2.15. The summed E-state index contributed by atoms with van der Waals surface area (Å²) in [7, 11) is 0. The maximum atomic E-state index is 3.50. The van der Waals surface area contributed by atoms with Gasteiger partial charge in [0.25, 0.3) is 0 Å². The van der Waals surface area contributed by atoms with Crippen LogP contribution in [0.5, 0.6) is 0 Å². The quantitative estimate of drug-likeness (QED) is 0.867. The van der Waals surface area contributed by atoms with Crippen LogP contribution >= 0.6 is 11.8 Å². The van der Waals surface area contributed by atoms with E-state index >= 15 is 0 Å². The molecule has 0 bridgehead atoms. The molecule has 0 saturated heterocycles. The van der Waals surface area contributed by atoms with E-state index in [2.05, 4.69) is 70.6 Å². The molecule has 2 aromatic rings. The minimum absolute atomic E-state index is 0.991. The van der Waals surface area contributed by atoms with E-state index in [1.165, 1.54) is 16.3 Å². The average Bonchev–Trinajstić information content (AvgIpc) is 2.94. The fourth-order valence-electron chi connectivity index (χ4n) is 2.33. The summed E-state index contributed by atoms with van der Waals surface area (Å²) in [5.41, 5.74) is 2.74. The van der Waals surface area contributed by atoms with Crippen LogP contribution in [-0.4, -0.2) is 22.8 Å². The Morgan fingerprint density at radius 3 is 2.25 bits per heavy atom. The summed E-state index contributed by atoms with van der Waals surface area (Å²) in [4.78, 5) is 0. The Kier molecular flexibility index (Phi) is 4.38. The van der Waals surface area contributed by atoms with Gasteiger partial charge in [-0.05, 0) is 22.9 Å². The van der Waals surface area contributed by atoms with Crippen LogP contribution in [0.4, 0.5) is 0 Å². The normalized spacial score (nSPS) is 14.4.